The summed E-state index contributed by atoms with van der Waals surface area (Å²) in [7, 11) is 0. The molecule has 1 aliphatic rings. The molecule has 0 radical (unpaired) electrons. The third kappa shape index (κ3) is 7.90. The maximum atomic E-state index is 13.0. The molecular formula is C25H28N4O5. The van der Waals surface area contributed by atoms with Gasteiger partial charge in [-0.05, 0) is 11.1 Å². The molecule has 1 saturated heterocycles. The molecular weight excluding hydrogens is 436 g/mol. The highest BCUT2D eigenvalue weighted by molar-refractivity contribution is 5.88. The van der Waals surface area contributed by atoms with Crippen LogP contribution >= 0.6 is 0 Å². The van der Waals surface area contributed by atoms with Gasteiger partial charge in [-0.3, -0.25) is 9.59 Å². The number of esters is 1. The van der Waals surface area contributed by atoms with Gasteiger partial charge >= 0.3 is 12.0 Å². The van der Waals surface area contributed by atoms with Crippen molar-refractivity contribution in [2.24, 2.45) is 0 Å². The van der Waals surface area contributed by atoms with Gasteiger partial charge in [-0.15, -0.1) is 0 Å². The molecule has 2 aromatic carbocycles. The topological polar surface area (TPSA) is 121 Å². The Labute approximate surface area is 198 Å². The van der Waals surface area contributed by atoms with Gasteiger partial charge in [-0.1, -0.05) is 60.7 Å². The van der Waals surface area contributed by atoms with Crippen molar-refractivity contribution >= 4 is 17.9 Å². The second-order valence-electron chi connectivity index (χ2n) is 7.83. The highest BCUT2D eigenvalue weighted by Gasteiger charge is 2.27. The van der Waals surface area contributed by atoms with Crippen molar-refractivity contribution in [1.29, 1.82) is 5.26 Å². The second kappa shape index (κ2) is 13.0. The Morgan fingerprint density at radius 1 is 0.971 bits per heavy atom. The first kappa shape index (κ1) is 24.7. The lowest BCUT2D eigenvalue weighted by molar-refractivity contribution is -0.145. The summed E-state index contributed by atoms with van der Waals surface area (Å²) in [6.07, 6.45) is -0.0656. The molecule has 0 unspecified atom stereocenters. The SMILES string of the molecule is N#C[C@H](CC(=O)OCc1ccccc1)NC(=O)[C@H](Cc1ccccc1)NC(=O)N1CCOCC1. The number of hydrogen-bond donors (Lipinski definition) is 2. The number of urea groups is 1. The van der Waals surface area contributed by atoms with E-state index < -0.39 is 24.0 Å². The lowest BCUT2D eigenvalue weighted by Gasteiger charge is -2.29. The third-order valence-corrected chi connectivity index (χ3v) is 5.28. The van der Waals surface area contributed by atoms with Crippen LogP contribution in [0, 0.1) is 11.3 Å². The number of nitriles is 1. The largest absolute Gasteiger partial charge is 0.461 e. The predicted molar refractivity (Wildman–Crippen MR) is 123 cm³/mol. The number of nitrogens with zero attached hydrogens (tertiary/aromatic N) is 2. The Morgan fingerprint density at radius 2 is 1.59 bits per heavy atom. The van der Waals surface area contributed by atoms with E-state index in [2.05, 4.69) is 10.6 Å². The maximum Gasteiger partial charge on any atom is 0.318 e. The lowest BCUT2D eigenvalue weighted by Crippen LogP contribution is -2.55. The van der Waals surface area contributed by atoms with Crippen LogP contribution in [0.2, 0.25) is 0 Å². The van der Waals surface area contributed by atoms with Gasteiger partial charge in [0.15, 0.2) is 0 Å². The summed E-state index contributed by atoms with van der Waals surface area (Å²) in [6, 6.07) is 17.9. The van der Waals surface area contributed by atoms with Crippen LogP contribution in [0.4, 0.5) is 4.79 Å². The molecule has 9 nitrogen and oxygen atoms in total. The molecule has 3 amide bonds. The Balaban J connectivity index is 1.59. The molecule has 178 valence electrons. The Morgan fingerprint density at radius 3 is 2.21 bits per heavy atom. The minimum atomic E-state index is -1.09. The molecule has 0 aromatic heterocycles. The highest BCUT2D eigenvalue weighted by atomic mass is 16.5. The second-order valence-corrected chi connectivity index (χ2v) is 7.83. The van der Waals surface area contributed by atoms with Crippen LogP contribution in [0.5, 0.6) is 0 Å². The number of ether oxygens (including phenoxy) is 2. The van der Waals surface area contributed by atoms with Crippen LogP contribution in [0.3, 0.4) is 0 Å². The van der Waals surface area contributed by atoms with Gasteiger partial charge in [-0.2, -0.15) is 5.26 Å². The zero-order chi connectivity index (χ0) is 24.2. The summed E-state index contributed by atoms with van der Waals surface area (Å²) in [6.45, 7) is 1.81. The quantitative estimate of drug-likeness (QED) is 0.546. The minimum Gasteiger partial charge on any atom is -0.461 e. The average Bonchev–Trinajstić information content (AvgIpc) is 2.88. The van der Waals surface area contributed by atoms with Crippen LogP contribution in [0.25, 0.3) is 0 Å². The predicted octanol–water partition coefficient (Wildman–Crippen LogP) is 1.78. The first-order chi connectivity index (χ1) is 16.5. The maximum absolute atomic E-state index is 13.0. The molecule has 1 heterocycles. The highest BCUT2D eigenvalue weighted by Crippen LogP contribution is 2.07. The van der Waals surface area contributed by atoms with Crippen LogP contribution in [-0.4, -0.2) is 61.2 Å². The van der Waals surface area contributed by atoms with Gasteiger partial charge in [0, 0.05) is 19.5 Å². The van der Waals surface area contributed by atoms with Crippen molar-refractivity contribution in [2.45, 2.75) is 31.5 Å². The van der Waals surface area contributed by atoms with Gasteiger partial charge < -0.3 is 25.0 Å². The van der Waals surface area contributed by atoms with E-state index >= 15 is 0 Å². The summed E-state index contributed by atoms with van der Waals surface area (Å²) in [5.41, 5.74) is 1.67. The Bertz CT molecular complexity index is 987. The van der Waals surface area contributed by atoms with Gasteiger partial charge in [0.2, 0.25) is 5.91 Å². The summed E-state index contributed by atoms with van der Waals surface area (Å²) >= 11 is 0. The fraction of sp³-hybridized carbons (Fsp3) is 0.360. The van der Waals surface area contributed by atoms with E-state index in [1.165, 1.54) is 0 Å². The number of amides is 3. The fourth-order valence-corrected chi connectivity index (χ4v) is 3.43. The van der Waals surface area contributed by atoms with E-state index in [0.717, 1.165) is 11.1 Å². The van der Waals surface area contributed by atoms with Gasteiger partial charge in [0.1, 0.15) is 18.7 Å². The van der Waals surface area contributed by atoms with Crippen molar-refractivity contribution < 1.29 is 23.9 Å². The molecule has 2 atom stereocenters. The van der Waals surface area contributed by atoms with Crippen molar-refractivity contribution in [3.05, 3.63) is 71.8 Å². The number of carbonyl (C=O) groups is 3. The van der Waals surface area contributed by atoms with Gasteiger partial charge in [-0.25, -0.2) is 4.79 Å². The Kier molecular flexibility index (Phi) is 9.43. The first-order valence-electron chi connectivity index (χ1n) is 11.1. The lowest BCUT2D eigenvalue weighted by atomic mass is 10.0. The van der Waals surface area contributed by atoms with Crippen LogP contribution < -0.4 is 10.6 Å². The third-order valence-electron chi connectivity index (χ3n) is 5.28. The van der Waals surface area contributed by atoms with Crippen molar-refractivity contribution in [3.63, 3.8) is 0 Å². The molecule has 3 rings (SSSR count). The van der Waals surface area contributed by atoms with Crippen LogP contribution in [0.1, 0.15) is 17.5 Å². The van der Waals surface area contributed by atoms with E-state index in [1.54, 1.807) is 4.90 Å². The summed E-state index contributed by atoms with van der Waals surface area (Å²) in [5.74, 6) is -1.15. The molecule has 2 aromatic rings. The number of benzene rings is 2. The molecule has 0 spiro atoms. The normalized spacial score (nSPS) is 14.9. The molecule has 2 N–H and O–H groups in total. The summed E-state index contributed by atoms with van der Waals surface area (Å²) < 4.78 is 10.5. The molecule has 0 bridgehead atoms. The standard InChI is InChI=1S/C25H28N4O5/c26-17-21(16-23(30)34-18-20-9-5-2-6-10-20)27-24(31)22(15-19-7-3-1-4-8-19)28-25(32)29-11-13-33-14-12-29/h1-10,21-22H,11-16,18H2,(H,27,31)(H,28,32)/t21-,22-/m0/s1. The van der Waals surface area contributed by atoms with Crippen LogP contribution in [-0.2, 0) is 32.1 Å². The molecule has 1 fully saturated rings. The summed E-state index contributed by atoms with van der Waals surface area (Å²) in [5, 5.41) is 14.8. The number of nitrogens with one attached hydrogen (secondary N) is 2. The fourth-order valence-electron chi connectivity index (χ4n) is 3.43. The van der Waals surface area contributed by atoms with E-state index in [0.29, 0.717) is 26.3 Å². The molecule has 0 aliphatic carbocycles. The van der Waals surface area contributed by atoms with E-state index in [4.69, 9.17) is 9.47 Å². The van der Waals surface area contributed by atoms with Gasteiger partial charge in [0.05, 0.1) is 25.7 Å². The zero-order valence-corrected chi connectivity index (χ0v) is 18.8. The molecule has 1 aliphatic heterocycles. The van der Waals surface area contributed by atoms with Crippen molar-refractivity contribution in [1.82, 2.24) is 15.5 Å². The molecule has 9 heteroatoms. The smallest absolute Gasteiger partial charge is 0.318 e. The van der Waals surface area contributed by atoms with Gasteiger partial charge in [0.25, 0.3) is 0 Å². The van der Waals surface area contributed by atoms with E-state index in [1.807, 2.05) is 66.7 Å². The first-order valence-corrected chi connectivity index (χ1v) is 11.1. The number of carbonyl (C=O) groups excluding carboxylic acids is 3. The molecule has 34 heavy (non-hydrogen) atoms. The number of rotatable bonds is 9. The van der Waals surface area contributed by atoms with Crippen LogP contribution in [0.15, 0.2) is 60.7 Å². The number of hydrogen-bond acceptors (Lipinski definition) is 6. The monoisotopic (exact) mass is 464 g/mol. The summed E-state index contributed by atoms with van der Waals surface area (Å²) in [4.78, 5) is 39.5. The molecule has 0 saturated carbocycles. The average molecular weight is 465 g/mol. The Hall–Kier alpha value is -3.90. The van der Waals surface area contributed by atoms with E-state index in [-0.39, 0.29) is 25.5 Å². The number of morpholine rings is 1. The van der Waals surface area contributed by atoms with Crippen molar-refractivity contribution in [3.8, 4) is 6.07 Å². The van der Waals surface area contributed by atoms with E-state index in [9.17, 15) is 19.6 Å². The minimum absolute atomic E-state index is 0.0814. The van der Waals surface area contributed by atoms with Crippen molar-refractivity contribution in [2.75, 3.05) is 26.3 Å². The zero-order valence-electron chi connectivity index (χ0n) is 18.8.